The molecule has 0 atom stereocenters. The van der Waals surface area contributed by atoms with Crippen LogP contribution in [0.25, 0.3) is 11.0 Å². The molecule has 0 aliphatic rings. The SMILES string of the molecule is CCCCCCCCCCCn1c(CNC(=O)c2cccnc2)nc2ccccc21. The summed E-state index contributed by atoms with van der Waals surface area (Å²) in [5.41, 5.74) is 2.70. The molecule has 0 saturated carbocycles. The smallest absolute Gasteiger partial charge is 0.253 e. The van der Waals surface area contributed by atoms with Gasteiger partial charge in [0, 0.05) is 18.9 Å². The molecule has 0 bridgehead atoms. The number of hydrogen-bond donors (Lipinski definition) is 1. The number of imidazole rings is 1. The Hall–Kier alpha value is -2.69. The summed E-state index contributed by atoms with van der Waals surface area (Å²) in [5, 5.41) is 2.99. The largest absolute Gasteiger partial charge is 0.345 e. The van der Waals surface area contributed by atoms with Crippen molar-refractivity contribution in [3.8, 4) is 0 Å². The summed E-state index contributed by atoms with van der Waals surface area (Å²) in [5.74, 6) is 0.790. The molecule has 0 aliphatic heterocycles. The molecule has 1 N–H and O–H groups in total. The molecule has 5 heteroatoms. The number of nitrogens with zero attached hydrogens (tertiary/aromatic N) is 3. The van der Waals surface area contributed by atoms with Crippen molar-refractivity contribution in [2.24, 2.45) is 0 Å². The molecule has 3 rings (SSSR count). The topological polar surface area (TPSA) is 59.8 Å². The number of carbonyl (C=O) groups is 1. The van der Waals surface area contributed by atoms with E-state index in [1.165, 1.54) is 51.4 Å². The Bertz CT molecular complexity index is 904. The van der Waals surface area contributed by atoms with Crippen LogP contribution in [-0.4, -0.2) is 20.4 Å². The second-order valence-electron chi connectivity index (χ2n) is 7.92. The molecule has 1 aromatic carbocycles. The number of carbonyl (C=O) groups excluding carboxylic acids is 1. The van der Waals surface area contributed by atoms with E-state index in [0.717, 1.165) is 29.8 Å². The van der Waals surface area contributed by atoms with Gasteiger partial charge in [0.25, 0.3) is 5.91 Å². The van der Waals surface area contributed by atoms with Crippen molar-refractivity contribution >= 4 is 16.9 Å². The molecular formula is C25H34N4O. The van der Waals surface area contributed by atoms with Crippen LogP contribution >= 0.6 is 0 Å². The second-order valence-corrected chi connectivity index (χ2v) is 7.92. The van der Waals surface area contributed by atoms with Crippen LogP contribution in [0.3, 0.4) is 0 Å². The molecular weight excluding hydrogens is 372 g/mol. The first-order valence-electron chi connectivity index (χ1n) is 11.4. The molecule has 2 aromatic heterocycles. The average Bonchev–Trinajstić information content (AvgIpc) is 3.14. The fourth-order valence-corrected chi connectivity index (χ4v) is 3.85. The number of amides is 1. The predicted octanol–water partition coefficient (Wildman–Crippen LogP) is 5.89. The van der Waals surface area contributed by atoms with E-state index < -0.39 is 0 Å². The lowest BCUT2D eigenvalue weighted by atomic mass is 10.1. The van der Waals surface area contributed by atoms with Gasteiger partial charge in [-0.15, -0.1) is 0 Å². The molecule has 3 aromatic rings. The zero-order valence-corrected chi connectivity index (χ0v) is 18.1. The Kier molecular flexibility index (Phi) is 8.88. The Balaban J connectivity index is 1.52. The summed E-state index contributed by atoms with van der Waals surface area (Å²) in [6.07, 6.45) is 15.1. The predicted molar refractivity (Wildman–Crippen MR) is 122 cm³/mol. The summed E-state index contributed by atoms with van der Waals surface area (Å²) < 4.78 is 2.26. The van der Waals surface area contributed by atoms with E-state index in [4.69, 9.17) is 4.98 Å². The van der Waals surface area contributed by atoms with Crippen molar-refractivity contribution in [2.75, 3.05) is 0 Å². The third kappa shape index (κ3) is 6.41. The van der Waals surface area contributed by atoms with Gasteiger partial charge in [0.2, 0.25) is 0 Å². The average molecular weight is 407 g/mol. The number of pyridine rings is 1. The number of unbranched alkanes of at least 4 members (excludes halogenated alkanes) is 8. The molecule has 0 fully saturated rings. The van der Waals surface area contributed by atoms with Crippen LogP contribution in [0.1, 0.15) is 80.9 Å². The first-order valence-corrected chi connectivity index (χ1v) is 11.4. The van der Waals surface area contributed by atoms with E-state index >= 15 is 0 Å². The van der Waals surface area contributed by atoms with Crippen LogP contribution in [-0.2, 0) is 13.1 Å². The van der Waals surface area contributed by atoms with Gasteiger partial charge in [-0.2, -0.15) is 0 Å². The lowest BCUT2D eigenvalue weighted by Crippen LogP contribution is -2.24. The third-order valence-electron chi connectivity index (χ3n) is 5.55. The van der Waals surface area contributed by atoms with E-state index in [1.807, 2.05) is 12.1 Å². The highest BCUT2D eigenvalue weighted by Crippen LogP contribution is 2.18. The molecule has 30 heavy (non-hydrogen) atoms. The third-order valence-corrected chi connectivity index (χ3v) is 5.55. The first-order chi connectivity index (χ1) is 14.8. The Labute approximate surface area is 179 Å². The van der Waals surface area contributed by atoms with Crippen LogP contribution in [0.2, 0.25) is 0 Å². The van der Waals surface area contributed by atoms with Gasteiger partial charge in [0.1, 0.15) is 5.82 Å². The van der Waals surface area contributed by atoms with Gasteiger partial charge >= 0.3 is 0 Å². The quantitative estimate of drug-likeness (QED) is 0.360. The van der Waals surface area contributed by atoms with Gasteiger partial charge in [0.15, 0.2) is 0 Å². The van der Waals surface area contributed by atoms with Gasteiger partial charge in [-0.25, -0.2) is 4.98 Å². The molecule has 5 nitrogen and oxygen atoms in total. The molecule has 2 heterocycles. The Morgan fingerprint density at radius 2 is 1.67 bits per heavy atom. The maximum Gasteiger partial charge on any atom is 0.253 e. The number of fused-ring (bicyclic) bond motifs is 1. The van der Waals surface area contributed by atoms with Gasteiger partial charge in [0.05, 0.1) is 23.1 Å². The maximum absolute atomic E-state index is 12.4. The Morgan fingerprint density at radius 1 is 0.933 bits per heavy atom. The summed E-state index contributed by atoms with van der Waals surface area (Å²) in [6, 6.07) is 11.8. The number of aromatic nitrogens is 3. The zero-order valence-electron chi connectivity index (χ0n) is 18.1. The van der Waals surface area contributed by atoms with E-state index in [-0.39, 0.29) is 5.91 Å². The van der Waals surface area contributed by atoms with Crippen molar-refractivity contribution in [3.63, 3.8) is 0 Å². The normalized spacial score (nSPS) is 11.1. The van der Waals surface area contributed by atoms with Crippen LogP contribution in [0.4, 0.5) is 0 Å². The molecule has 0 radical (unpaired) electrons. The molecule has 0 unspecified atom stereocenters. The summed E-state index contributed by atoms with van der Waals surface area (Å²) >= 11 is 0. The van der Waals surface area contributed by atoms with E-state index in [1.54, 1.807) is 24.5 Å². The van der Waals surface area contributed by atoms with Gasteiger partial charge in [-0.1, -0.05) is 70.4 Å². The molecule has 0 saturated heterocycles. The van der Waals surface area contributed by atoms with Crippen molar-refractivity contribution in [1.29, 1.82) is 0 Å². The van der Waals surface area contributed by atoms with E-state index in [9.17, 15) is 4.79 Å². The maximum atomic E-state index is 12.4. The molecule has 160 valence electrons. The second kappa shape index (κ2) is 12.1. The van der Waals surface area contributed by atoms with Gasteiger partial charge in [-0.3, -0.25) is 9.78 Å². The number of para-hydroxylation sites is 2. The van der Waals surface area contributed by atoms with Crippen molar-refractivity contribution in [3.05, 3.63) is 60.2 Å². The molecule has 1 amide bonds. The van der Waals surface area contributed by atoms with E-state index in [2.05, 4.69) is 33.9 Å². The highest BCUT2D eigenvalue weighted by molar-refractivity contribution is 5.93. The highest BCUT2D eigenvalue weighted by atomic mass is 16.1. The van der Waals surface area contributed by atoms with Crippen LogP contribution in [0.15, 0.2) is 48.8 Å². The van der Waals surface area contributed by atoms with Crippen molar-refractivity contribution in [2.45, 2.75) is 77.8 Å². The van der Waals surface area contributed by atoms with Crippen molar-refractivity contribution in [1.82, 2.24) is 19.9 Å². The summed E-state index contributed by atoms with van der Waals surface area (Å²) in [4.78, 5) is 21.2. The summed E-state index contributed by atoms with van der Waals surface area (Å²) in [6.45, 7) is 3.62. The van der Waals surface area contributed by atoms with Crippen molar-refractivity contribution < 1.29 is 4.79 Å². The minimum absolute atomic E-state index is 0.121. The lowest BCUT2D eigenvalue weighted by Gasteiger charge is -2.10. The standard InChI is InChI=1S/C25H34N4O/c1-2-3-4-5-6-7-8-9-12-18-29-23-16-11-10-15-22(23)28-24(29)20-27-25(30)21-14-13-17-26-19-21/h10-11,13-17,19H,2-9,12,18,20H2,1H3,(H,27,30). The minimum atomic E-state index is -0.121. The highest BCUT2D eigenvalue weighted by Gasteiger charge is 2.12. The number of rotatable bonds is 13. The fourth-order valence-electron chi connectivity index (χ4n) is 3.85. The molecule has 0 aliphatic carbocycles. The number of hydrogen-bond acceptors (Lipinski definition) is 3. The number of benzene rings is 1. The Morgan fingerprint density at radius 3 is 2.40 bits per heavy atom. The minimum Gasteiger partial charge on any atom is -0.345 e. The number of nitrogens with one attached hydrogen (secondary N) is 1. The first kappa shape index (κ1) is 22.0. The zero-order chi connectivity index (χ0) is 21.0. The van der Waals surface area contributed by atoms with Crippen LogP contribution in [0, 0.1) is 0 Å². The van der Waals surface area contributed by atoms with Crippen LogP contribution < -0.4 is 5.32 Å². The van der Waals surface area contributed by atoms with Crippen LogP contribution in [0.5, 0.6) is 0 Å². The van der Waals surface area contributed by atoms with E-state index in [0.29, 0.717) is 12.1 Å². The number of aryl methyl sites for hydroxylation is 1. The molecule has 0 spiro atoms. The van der Waals surface area contributed by atoms with Gasteiger partial charge < -0.3 is 9.88 Å². The van der Waals surface area contributed by atoms with Gasteiger partial charge in [-0.05, 0) is 30.7 Å². The lowest BCUT2D eigenvalue weighted by molar-refractivity contribution is 0.0949. The summed E-state index contributed by atoms with van der Waals surface area (Å²) in [7, 11) is 0. The monoisotopic (exact) mass is 406 g/mol. The fraction of sp³-hybridized carbons (Fsp3) is 0.480.